The van der Waals surface area contributed by atoms with Crippen molar-refractivity contribution in [3.05, 3.63) is 29.6 Å². The van der Waals surface area contributed by atoms with E-state index in [0.29, 0.717) is 31.0 Å². The van der Waals surface area contributed by atoms with Crippen LogP contribution in [0.2, 0.25) is 0 Å². The number of piperidine rings is 2. The maximum Gasteiger partial charge on any atom is 0.227 e. The number of nitrogens with zero attached hydrogens (tertiary/aromatic N) is 3. The van der Waals surface area contributed by atoms with Crippen molar-refractivity contribution in [3.8, 4) is 0 Å². The quantitative estimate of drug-likeness (QED) is 0.508. The van der Waals surface area contributed by atoms with Gasteiger partial charge < -0.3 is 24.6 Å². The zero-order valence-corrected chi connectivity index (χ0v) is 23.4. The third-order valence-electron chi connectivity index (χ3n) is 9.33. The van der Waals surface area contributed by atoms with E-state index in [1.807, 2.05) is 6.07 Å². The van der Waals surface area contributed by atoms with Gasteiger partial charge in [0.05, 0.1) is 12.5 Å². The number of methoxy groups -OCH3 is 1. The Kier molecular flexibility index (Phi) is 9.74. The lowest BCUT2D eigenvalue weighted by atomic mass is 9.86. The molecule has 216 valence electrons. The SMILES string of the molecule is COCCNC(=O)C1CCN(c2cc(F)ccc2C2CCN(C(=O)[C@H]3CCN(C4CCOCC4)C3)CC2)CC1. The second-order valence-corrected chi connectivity index (χ2v) is 11.7. The standard InChI is InChI=1S/C30H45FN4O4/c1-38-19-11-32-29(36)23-6-12-33(13-7-23)28-20-25(31)2-3-27(28)22-4-14-34(15-5-22)30(37)24-8-16-35(21-24)26-9-17-39-18-10-26/h2-3,20,22-24,26H,4-19,21H2,1H3,(H,32,36)/t24-/m0/s1. The Morgan fingerprint density at radius 1 is 0.974 bits per heavy atom. The fourth-order valence-electron chi connectivity index (χ4n) is 6.98. The predicted molar refractivity (Wildman–Crippen MR) is 148 cm³/mol. The molecule has 1 aromatic rings. The number of rotatable bonds is 8. The summed E-state index contributed by atoms with van der Waals surface area (Å²) in [5.41, 5.74) is 2.14. The molecule has 4 heterocycles. The van der Waals surface area contributed by atoms with E-state index in [9.17, 15) is 14.0 Å². The number of likely N-dealkylation sites (tertiary alicyclic amines) is 2. The van der Waals surface area contributed by atoms with E-state index in [0.717, 1.165) is 103 Å². The summed E-state index contributed by atoms with van der Waals surface area (Å²) >= 11 is 0. The van der Waals surface area contributed by atoms with Crippen molar-refractivity contribution in [2.45, 2.75) is 56.9 Å². The van der Waals surface area contributed by atoms with Crippen molar-refractivity contribution in [1.29, 1.82) is 0 Å². The highest BCUT2D eigenvalue weighted by Gasteiger charge is 2.36. The second-order valence-electron chi connectivity index (χ2n) is 11.7. The van der Waals surface area contributed by atoms with Gasteiger partial charge in [0.2, 0.25) is 11.8 Å². The molecule has 4 saturated heterocycles. The molecule has 0 saturated carbocycles. The summed E-state index contributed by atoms with van der Waals surface area (Å²) in [7, 11) is 1.63. The van der Waals surface area contributed by atoms with Gasteiger partial charge in [-0.05, 0) is 75.1 Å². The van der Waals surface area contributed by atoms with Crippen molar-refractivity contribution in [1.82, 2.24) is 15.1 Å². The molecule has 1 atom stereocenters. The number of anilines is 1. The van der Waals surface area contributed by atoms with Crippen LogP contribution >= 0.6 is 0 Å². The Balaban J connectivity index is 1.14. The number of ether oxygens (including phenoxy) is 2. The maximum absolute atomic E-state index is 14.4. The molecule has 4 aliphatic rings. The van der Waals surface area contributed by atoms with Crippen LogP contribution in [0.15, 0.2) is 18.2 Å². The first-order valence-electron chi connectivity index (χ1n) is 14.9. The van der Waals surface area contributed by atoms with Crippen LogP contribution in [0, 0.1) is 17.7 Å². The van der Waals surface area contributed by atoms with Crippen LogP contribution in [0.1, 0.15) is 56.4 Å². The molecular weight excluding hydrogens is 499 g/mol. The third-order valence-corrected chi connectivity index (χ3v) is 9.33. The van der Waals surface area contributed by atoms with Crippen LogP contribution in [-0.4, -0.2) is 100 Å². The number of hydrogen-bond donors (Lipinski definition) is 1. The van der Waals surface area contributed by atoms with Crippen molar-refractivity contribution in [2.75, 3.05) is 77.6 Å². The zero-order chi connectivity index (χ0) is 27.2. The normalized spacial score (nSPS) is 24.3. The molecule has 4 aliphatic heterocycles. The average molecular weight is 545 g/mol. The van der Waals surface area contributed by atoms with Gasteiger partial charge in [-0.2, -0.15) is 0 Å². The highest BCUT2D eigenvalue weighted by molar-refractivity contribution is 5.80. The minimum atomic E-state index is -0.226. The maximum atomic E-state index is 14.4. The Hall–Kier alpha value is -2.23. The van der Waals surface area contributed by atoms with E-state index in [4.69, 9.17) is 9.47 Å². The molecule has 8 nitrogen and oxygen atoms in total. The number of halogens is 1. The summed E-state index contributed by atoms with van der Waals surface area (Å²) in [6.07, 6.45) is 6.43. The largest absolute Gasteiger partial charge is 0.383 e. The molecule has 0 aromatic heterocycles. The van der Waals surface area contributed by atoms with E-state index < -0.39 is 0 Å². The molecule has 1 N–H and O–H groups in total. The molecule has 0 unspecified atom stereocenters. The minimum Gasteiger partial charge on any atom is -0.383 e. The van der Waals surface area contributed by atoms with E-state index in [1.165, 1.54) is 5.56 Å². The van der Waals surface area contributed by atoms with Crippen molar-refractivity contribution in [3.63, 3.8) is 0 Å². The summed E-state index contributed by atoms with van der Waals surface area (Å²) in [4.78, 5) is 32.7. The van der Waals surface area contributed by atoms with E-state index >= 15 is 0 Å². The van der Waals surface area contributed by atoms with Crippen molar-refractivity contribution >= 4 is 17.5 Å². The molecule has 0 aliphatic carbocycles. The Bertz CT molecular complexity index is 972. The number of benzene rings is 1. The van der Waals surface area contributed by atoms with Gasteiger partial charge in [0.15, 0.2) is 0 Å². The summed E-state index contributed by atoms with van der Waals surface area (Å²) in [6, 6.07) is 5.73. The first-order valence-corrected chi connectivity index (χ1v) is 14.9. The van der Waals surface area contributed by atoms with Crippen molar-refractivity contribution in [2.24, 2.45) is 11.8 Å². The van der Waals surface area contributed by atoms with Crippen LogP contribution in [-0.2, 0) is 19.1 Å². The van der Waals surface area contributed by atoms with E-state index in [-0.39, 0.29) is 23.6 Å². The fourth-order valence-corrected chi connectivity index (χ4v) is 6.98. The Labute approximate surface area is 232 Å². The molecule has 0 radical (unpaired) electrons. The van der Waals surface area contributed by atoms with E-state index in [2.05, 4.69) is 20.0 Å². The number of carbonyl (C=O) groups is 2. The highest BCUT2D eigenvalue weighted by Crippen LogP contribution is 2.37. The van der Waals surface area contributed by atoms with Crippen LogP contribution in [0.5, 0.6) is 0 Å². The molecule has 0 bridgehead atoms. The van der Waals surface area contributed by atoms with E-state index in [1.54, 1.807) is 19.2 Å². The smallest absolute Gasteiger partial charge is 0.227 e. The first kappa shape index (κ1) is 28.3. The zero-order valence-electron chi connectivity index (χ0n) is 23.4. The summed E-state index contributed by atoms with van der Waals surface area (Å²) in [5, 5.41) is 2.95. The molecule has 1 aromatic carbocycles. The number of hydrogen-bond acceptors (Lipinski definition) is 6. The third kappa shape index (κ3) is 6.92. The monoisotopic (exact) mass is 544 g/mol. The lowest BCUT2D eigenvalue weighted by Gasteiger charge is -2.38. The predicted octanol–water partition coefficient (Wildman–Crippen LogP) is 3.01. The van der Waals surface area contributed by atoms with Gasteiger partial charge in [0.1, 0.15) is 5.82 Å². The number of amides is 2. The Morgan fingerprint density at radius 2 is 1.69 bits per heavy atom. The summed E-state index contributed by atoms with van der Waals surface area (Å²) in [5.74, 6) is 0.578. The van der Waals surface area contributed by atoms with Gasteiger partial charge in [-0.1, -0.05) is 6.07 Å². The van der Waals surface area contributed by atoms with Gasteiger partial charge in [0, 0.05) is 77.2 Å². The lowest BCUT2D eigenvalue weighted by Crippen LogP contribution is -2.44. The second kappa shape index (κ2) is 13.4. The summed E-state index contributed by atoms with van der Waals surface area (Å²) in [6.45, 7) is 7.60. The molecule has 0 spiro atoms. The summed E-state index contributed by atoms with van der Waals surface area (Å²) < 4.78 is 24.9. The minimum absolute atomic E-state index is 0.0117. The van der Waals surface area contributed by atoms with Crippen molar-refractivity contribution < 1.29 is 23.5 Å². The van der Waals surface area contributed by atoms with Gasteiger partial charge in [-0.15, -0.1) is 0 Å². The lowest BCUT2D eigenvalue weighted by molar-refractivity contribution is -0.136. The van der Waals surface area contributed by atoms with Crippen LogP contribution < -0.4 is 10.2 Å². The molecule has 9 heteroatoms. The van der Waals surface area contributed by atoms with Crippen LogP contribution in [0.4, 0.5) is 10.1 Å². The molecule has 4 fully saturated rings. The van der Waals surface area contributed by atoms with Crippen LogP contribution in [0.3, 0.4) is 0 Å². The highest BCUT2D eigenvalue weighted by atomic mass is 19.1. The number of carbonyl (C=O) groups excluding carboxylic acids is 2. The molecule has 2 amide bonds. The van der Waals surface area contributed by atoms with Crippen LogP contribution in [0.25, 0.3) is 0 Å². The van der Waals surface area contributed by atoms with Gasteiger partial charge in [0.25, 0.3) is 0 Å². The van der Waals surface area contributed by atoms with Gasteiger partial charge in [-0.3, -0.25) is 14.5 Å². The average Bonchev–Trinajstić information content (AvgIpc) is 3.48. The number of nitrogens with one attached hydrogen (secondary N) is 1. The fraction of sp³-hybridized carbons (Fsp3) is 0.733. The molecular formula is C30H45FN4O4. The van der Waals surface area contributed by atoms with Gasteiger partial charge >= 0.3 is 0 Å². The Morgan fingerprint density at radius 3 is 2.41 bits per heavy atom. The topological polar surface area (TPSA) is 74.4 Å². The molecule has 5 rings (SSSR count). The molecule has 39 heavy (non-hydrogen) atoms. The van der Waals surface area contributed by atoms with Gasteiger partial charge in [-0.25, -0.2) is 4.39 Å². The first-order chi connectivity index (χ1) is 19.0.